The lowest BCUT2D eigenvalue weighted by Crippen LogP contribution is -2.38. The molecule has 0 saturated carbocycles. The van der Waals surface area contributed by atoms with Gasteiger partial charge in [-0.3, -0.25) is 0 Å². The highest BCUT2D eigenvalue weighted by atomic mass is 19.1. The number of hydrogen-bond acceptors (Lipinski definition) is 1. The minimum Gasteiger partial charge on any atom is -0.316 e. The number of aryl methyl sites for hydroxylation is 2. The molecule has 0 saturated heterocycles. The van der Waals surface area contributed by atoms with E-state index in [0.717, 1.165) is 18.4 Å². The molecule has 0 amide bonds. The van der Waals surface area contributed by atoms with Gasteiger partial charge in [0.05, 0.1) is 0 Å². The van der Waals surface area contributed by atoms with Crippen molar-refractivity contribution in [2.24, 2.45) is 5.41 Å². The molecule has 1 rings (SSSR count). The second-order valence-corrected chi connectivity index (χ2v) is 5.83. The van der Waals surface area contributed by atoms with Gasteiger partial charge in [0.2, 0.25) is 0 Å². The van der Waals surface area contributed by atoms with Crippen molar-refractivity contribution in [3.63, 3.8) is 0 Å². The van der Waals surface area contributed by atoms with E-state index < -0.39 is 0 Å². The summed E-state index contributed by atoms with van der Waals surface area (Å²) >= 11 is 0. The van der Waals surface area contributed by atoms with E-state index in [-0.39, 0.29) is 11.2 Å². The molecule has 17 heavy (non-hydrogen) atoms. The Morgan fingerprint density at radius 2 is 1.94 bits per heavy atom. The lowest BCUT2D eigenvalue weighted by Gasteiger charge is -2.30. The van der Waals surface area contributed by atoms with E-state index in [1.54, 1.807) is 6.07 Å². The molecule has 1 N–H and O–H groups in total. The average Bonchev–Trinajstić information content (AvgIpc) is 2.22. The van der Waals surface area contributed by atoms with Gasteiger partial charge in [-0.15, -0.1) is 0 Å². The number of rotatable bonds is 4. The van der Waals surface area contributed by atoms with Crippen LogP contribution < -0.4 is 5.32 Å². The zero-order valence-electron chi connectivity index (χ0n) is 11.6. The van der Waals surface area contributed by atoms with Crippen LogP contribution in [0.1, 0.15) is 38.3 Å². The first-order valence-corrected chi connectivity index (χ1v) is 6.27. The summed E-state index contributed by atoms with van der Waals surface area (Å²) in [6.45, 7) is 8.54. The Hall–Kier alpha value is -0.890. The molecular weight excluding hydrogens is 213 g/mol. The summed E-state index contributed by atoms with van der Waals surface area (Å²) in [4.78, 5) is 0. The Bertz CT molecular complexity index is 366. The molecule has 0 aliphatic heterocycles. The molecule has 2 heteroatoms. The van der Waals surface area contributed by atoms with Crippen LogP contribution >= 0.6 is 0 Å². The SMILES string of the molecule is CNC(CCc1ccc(F)c(C)c1)C(C)(C)C. The van der Waals surface area contributed by atoms with Gasteiger partial charge in [-0.2, -0.15) is 0 Å². The van der Waals surface area contributed by atoms with E-state index in [1.165, 1.54) is 5.56 Å². The van der Waals surface area contributed by atoms with Crippen molar-refractivity contribution in [1.82, 2.24) is 5.32 Å². The molecule has 0 aliphatic rings. The minimum absolute atomic E-state index is 0.116. The molecule has 1 nitrogen and oxygen atoms in total. The summed E-state index contributed by atoms with van der Waals surface area (Å²) in [6.07, 6.45) is 2.06. The van der Waals surface area contributed by atoms with Crippen molar-refractivity contribution in [2.75, 3.05) is 7.05 Å². The van der Waals surface area contributed by atoms with Crippen LogP contribution in [0.3, 0.4) is 0 Å². The molecule has 0 radical (unpaired) electrons. The average molecular weight is 237 g/mol. The van der Waals surface area contributed by atoms with Gasteiger partial charge in [0.15, 0.2) is 0 Å². The van der Waals surface area contributed by atoms with Gasteiger partial charge in [-0.1, -0.05) is 32.9 Å². The Morgan fingerprint density at radius 1 is 1.29 bits per heavy atom. The van der Waals surface area contributed by atoms with Gasteiger partial charge >= 0.3 is 0 Å². The van der Waals surface area contributed by atoms with E-state index in [2.05, 4.69) is 26.1 Å². The van der Waals surface area contributed by atoms with E-state index in [9.17, 15) is 4.39 Å². The molecule has 1 aromatic rings. The van der Waals surface area contributed by atoms with E-state index in [0.29, 0.717) is 6.04 Å². The molecule has 0 aromatic heterocycles. The second kappa shape index (κ2) is 5.63. The van der Waals surface area contributed by atoms with Crippen molar-refractivity contribution in [3.05, 3.63) is 35.1 Å². The quantitative estimate of drug-likeness (QED) is 0.842. The monoisotopic (exact) mass is 237 g/mol. The highest BCUT2D eigenvalue weighted by Crippen LogP contribution is 2.23. The van der Waals surface area contributed by atoms with Crippen molar-refractivity contribution >= 4 is 0 Å². The standard InChI is InChI=1S/C15H24FN/c1-11-10-12(6-8-13(11)16)7-9-14(17-5)15(2,3)4/h6,8,10,14,17H,7,9H2,1-5H3. The van der Waals surface area contributed by atoms with Crippen molar-refractivity contribution < 1.29 is 4.39 Å². The second-order valence-electron chi connectivity index (χ2n) is 5.83. The first-order valence-electron chi connectivity index (χ1n) is 6.27. The largest absolute Gasteiger partial charge is 0.316 e. The molecule has 0 bridgehead atoms. The maximum atomic E-state index is 13.1. The zero-order valence-corrected chi connectivity index (χ0v) is 11.6. The van der Waals surface area contributed by atoms with Gasteiger partial charge in [0, 0.05) is 6.04 Å². The summed E-state index contributed by atoms with van der Waals surface area (Å²) in [6, 6.07) is 5.88. The first-order chi connectivity index (χ1) is 7.84. The molecule has 1 unspecified atom stereocenters. The number of benzene rings is 1. The molecule has 0 spiro atoms. The smallest absolute Gasteiger partial charge is 0.126 e. The number of nitrogens with one attached hydrogen (secondary N) is 1. The van der Waals surface area contributed by atoms with Crippen LogP contribution in [0.5, 0.6) is 0 Å². The fourth-order valence-electron chi connectivity index (χ4n) is 2.18. The molecule has 1 aromatic carbocycles. The lowest BCUT2D eigenvalue weighted by molar-refractivity contribution is 0.268. The fraction of sp³-hybridized carbons (Fsp3) is 0.600. The van der Waals surface area contributed by atoms with Gasteiger partial charge in [0.1, 0.15) is 5.82 Å². The van der Waals surface area contributed by atoms with Crippen molar-refractivity contribution in [3.8, 4) is 0 Å². The van der Waals surface area contributed by atoms with Crippen LogP contribution in [0.25, 0.3) is 0 Å². The van der Waals surface area contributed by atoms with Crippen LogP contribution in [0.2, 0.25) is 0 Å². The summed E-state index contributed by atoms with van der Waals surface area (Å²) in [5.74, 6) is -0.116. The van der Waals surface area contributed by atoms with Gasteiger partial charge < -0.3 is 5.32 Å². The number of hydrogen-bond donors (Lipinski definition) is 1. The lowest BCUT2D eigenvalue weighted by atomic mass is 9.83. The number of halogens is 1. The first kappa shape index (κ1) is 14.2. The molecule has 1 atom stereocenters. The van der Waals surface area contributed by atoms with Crippen LogP contribution in [0.4, 0.5) is 4.39 Å². The highest BCUT2D eigenvalue weighted by Gasteiger charge is 2.22. The maximum absolute atomic E-state index is 13.1. The van der Waals surface area contributed by atoms with E-state index in [1.807, 2.05) is 26.1 Å². The summed E-state index contributed by atoms with van der Waals surface area (Å²) in [5, 5.41) is 3.36. The third kappa shape index (κ3) is 4.12. The predicted molar refractivity (Wildman–Crippen MR) is 71.8 cm³/mol. The van der Waals surface area contributed by atoms with Gasteiger partial charge in [0.25, 0.3) is 0 Å². The molecule has 0 heterocycles. The van der Waals surface area contributed by atoms with Crippen LogP contribution in [-0.2, 0) is 6.42 Å². The summed E-state index contributed by atoms with van der Waals surface area (Å²) in [5.41, 5.74) is 2.21. The minimum atomic E-state index is -0.116. The maximum Gasteiger partial charge on any atom is 0.126 e. The van der Waals surface area contributed by atoms with E-state index >= 15 is 0 Å². The van der Waals surface area contributed by atoms with Gasteiger partial charge in [-0.05, 0) is 49.4 Å². The third-order valence-corrected chi connectivity index (χ3v) is 3.34. The molecule has 0 fully saturated rings. The summed E-state index contributed by atoms with van der Waals surface area (Å²) < 4.78 is 13.1. The Morgan fingerprint density at radius 3 is 2.41 bits per heavy atom. The van der Waals surface area contributed by atoms with Crippen LogP contribution in [-0.4, -0.2) is 13.1 Å². The topological polar surface area (TPSA) is 12.0 Å². The fourth-order valence-corrected chi connectivity index (χ4v) is 2.18. The summed E-state index contributed by atoms with van der Waals surface area (Å²) in [7, 11) is 2.01. The zero-order chi connectivity index (χ0) is 13.1. The predicted octanol–water partition coefficient (Wildman–Crippen LogP) is 3.70. The van der Waals surface area contributed by atoms with Crippen molar-refractivity contribution in [1.29, 1.82) is 0 Å². The molecule has 96 valence electrons. The molecule has 0 aliphatic carbocycles. The normalized spacial score (nSPS) is 13.8. The third-order valence-electron chi connectivity index (χ3n) is 3.34. The van der Waals surface area contributed by atoms with E-state index in [4.69, 9.17) is 0 Å². The molecular formula is C15H24FN. The highest BCUT2D eigenvalue weighted by molar-refractivity contribution is 5.24. The Balaban J connectivity index is 2.63. The van der Waals surface area contributed by atoms with Gasteiger partial charge in [-0.25, -0.2) is 4.39 Å². The van der Waals surface area contributed by atoms with Crippen LogP contribution in [0.15, 0.2) is 18.2 Å². The van der Waals surface area contributed by atoms with Crippen LogP contribution in [0, 0.1) is 18.2 Å². The Labute approximate surface area is 104 Å². The van der Waals surface area contributed by atoms with Crippen molar-refractivity contribution in [2.45, 2.75) is 46.6 Å². The Kier molecular flexibility index (Phi) is 4.70.